The highest BCUT2D eigenvalue weighted by Crippen LogP contribution is 2.40. The van der Waals surface area contributed by atoms with Crippen LogP contribution in [-0.4, -0.2) is 9.97 Å². The summed E-state index contributed by atoms with van der Waals surface area (Å²) in [6.45, 7) is 0. The Kier molecular flexibility index (Phi) is 2.83. The number of thiazole rings is 1. The van der Waals surface area contributed by atoms with Gasteiger partial charge in [0.25, 0.3) is 0 Å². The van der Waals surface area contributed by atoms with Crippen LogP contribution in [0, 0.1) is 11.3 Å². The monoisotopic (exact) mass is 292 g/mol. The summed E-state index contributed by atoms with van der Waals surface area (Å²) in [6.07, 6.45) is 2.39. The maximum absolute atomic E-state index is 9.28. The molecule has 1 aliphatic rings. The maximum atomic E-state index is 9.28. The van der Waals surface area contributed by atoms with Gasteiger partial charge in [-0.05, 0) is 37.1 Å². The van der Waals surface area contributed by atoms with Crippen LogP contribution in [0.5, 0.6) is 0 Å². The van der Waals surface area contributed by atoms with Gasteiger partial charge < -0.3 is 5.32 Å². The second-order valence-corrected chi connectivity index (χ2v) is 6.00. The highest BCUT2D eigenvalue weighted by molar-refractivity contribution is 7.17. The Morgan fingerprint density at radius 3 is 2.95 bits per heavy atom. The quantitative estimate of drug-likeness (QED) is 0.786. The van der Waals surface area contributed by atoms with E-state index in [4.69, 9.17) is 0 Å². The molecule has 0 radical (unpaired) electrons. The van der Waals surface area contributed by atoms with E-state index in [0.717, 1.165) is 21.6 Å². The minimum atomic E-state index is 0.567. The third-order valence-corrected chi connectivity index (χ3v) is 4.52. The van der Waals surface area contributed by atoms with Gasteiger partial charge in [0.1, 0.15) is 11.9 Å². The number of pyridine rings is 1. The van der Waals surface area contributed by atoms with Gasteiger partial charge >= 0.3 is 0 Å². The number of aromatic nitrogens is 2. The Bertz CT molecular complexity index is 858. The third-order valence-electron chi connectivity index (χ3n) is 3.64. The molecule has 0 bridgehead atoms. The zero-order valence-electron chi connectivity index (χ0n) is 11.2. The largest absolute Gasteiger partial charge is 0.338 e. The van der Waals surface area contributed by atoms with Crippen molar-refractivity contribution in [2.75, 3.05) is 5.32 Å². The van der Waals surface area contributed by atoms with Crippen molar-refractivity contribution in [2.24, 2.45) is 0 Å². The Morgan fingerprint density at radius 2 is 2.14 bits per heavy atom. The summed E-state index contributed by atoms with van der Waals surface area (Å²) in [7, 11) is 0. The Morgan fingerprint density at radius 1 is 1.24 bits per heavy atom. The molecule has 5 heteroatoms. The lowest BCUT2D eigenvalue weighted by Crippen LogP contribution is -1.99. The summed E-state index contributed by atoms with van der Waals surface area (Å²) >= 11 is 1.59. The molecule has 21 heavy (non-hydrogen) atoms. The maximum Gasteiger partial charge on any atom is 0.148 e. The molecule has 0 unspecified atom stereocenters. The first-order valence-corrected chi connectivity index (χ1v) is 7.73. The number of benzene rings is 1. The van der Waals surface area contributed by atoms with Crippen LogP contribution in [0.3, 0.4) is 0 Å². The van der Waals surface area contributed by atoms with E-state index in [9.17, 15) is 5.26 Å². The van der Waals surface area contributed by atoms with Crippen LogP contribution >= 0.6 is 11.3 Å². The molecule has 0 spiro atoms. The van der Waals surface area contributed by atoms with Crippen molar-refractivity contribution >= 4 is 33.1 Å². The predicted molar refractivity (Wildman–Crippen MR) is 83.8 cm³/mol. The van der Waals surface area contributed by atoms with Crippen LogP contribution in [-0.2, 0) is 0 Å². The van der Waals surface area contributed by atoms with Gasteiger partial charge in [-0.3, -0.25) is 0 Å². The molecular weight excluding hydrogens is 280 g/mol. The number of fused-ring (bicyclic) bond motifs is 1. The zero-order chi connectivity index (χ0) is 14.2. The molecule has 1 aliphatic carbocycles. The molecule has 0 amide bonds. The van der Waals surface area contributed by atoms with Crippen LogP contribution < -0.4 is 5.32 Å². The summed E-state index contributed by atoms with van der Waals surface area (Å²) in [5, 5.41) is 12.6. The number of nitriles is 1. The van der Waals surface area contributed by atoms with Crippen LogP contribution in [0.1, 0.15) is 30.0 Å². The molecule has 0 atom stereocenters. The van der Waals surface area contributed by atoms with Crippen molar-refractivity contribution in [1.82, 2.24) is 9.97 Å². The van der Waals surface area contributed by atoms with Crippen molar-refractivity contribution in [1.29, 1.82) is 5.26 Å². The minimum Gasteiger partial charge on any atom is -0.338 e. The number of hydrogen-bond acceptors (Lipinski definition) is 5. The molecule has 1 aromatic carbocycles. The van der Waals surface area contributed by atoms with Crippen LogP contribution in [0.2, 0.25) is 0 Å². The van der Waals surface area contributed by atoms with Crippen LogP contribution in [0.25, 0.3) is 10.2 Å². The highest BCUT2D eigenvalue weighted by Gasteiger charge is 2.25. The summed E-state index contributed by atoms with van der Waals surface area (Å²) in [5.41, 5.74) is 5.39. The Hall–Kier alpha value is -2.45. The SMILES string of the molecule is N#Cc1ccc(C2CC2)nc1Nc1cccc2ncsc12. The second kappa shape index (κ2) is 4.83. The minimum absolute atomic E-state index is 0.567. The van der Waals surface area contributed by atoms with Crippen molar-refractivity contribution in [2.45, 2.75) is 18.8 Å². The standard InChI is InChI=1S/C16H12N4S/c17-8-11-6-7-12(10-4-5-10)19-16(11)20-14-3-1-2-13-15(14)21-9-18-13/h1-3,6-7,9-10H,4-5H2,(H,19,20). The van der Waals surface area contributed by atoms with E-state index in [1.807, 2.05) is 35.8 Å². The van der Waals surface area contributed by atoms with Crippen LogP contribution in [0.15, 0.2) is 35.8 Å². The molecule has 3 aromatic rings. The van der Waals surface area contributed by atoms with Gasteiger partial charge in [0.05, 0.1) is 27.0 Å². The van der Waals surface area contributed by atoms with E-state index in [0.29, 0.717) is 17.3 Å². The van der Waals surface area contributed by atoms with Gasteiger partial charge in [-0.1, -0.05) is 6.07 Å². The number of anilines is 2. The molecule has 1 saturated carbocycles. The van der Waals surface area contributed by atoms with Crippen molar-refractivity contribution in [3.8, 4) is 6.07 Å². The lowest BCUT2D eigenvalue weighted by molar-refractivity contribution is 1.02. The molecule has 1 N–H and O–H groups in total. The first-order chi connectivity index (χ1) is 10.3. The topological polar surface area (TPSA) is 61.6 Å². The average molecular weight is 292 g/mol. The number of rotatable bonds is 3. The van der Waals surface area contributed by atoms with Crippen molar-refractivity contribution < 1.29 is 0 Å². The number of hydrogen-bond donors (Lipinski definition) is 1. The predicted octanol–water partition coefficient (Wildman–Crippen LogP) is 4.18. The summed E-state index contributed by atoms with van der Waals surface area (Å²) in [6, 6.07) is 12.0. The summed E-state index contributed by atoms with van der Waals surface area (Å²) < 4.78 is 1.08. The number of nitrogens with one attached hydrogen (secondary N) is 1. The molecule has 2 aromatic heterocycles. The molecule has 4 rings (SSSR count). The van der Waals surface area contributed by atoms with E-state index in [2.05, 4.69) is 21.4 Å². The molecular formula is C16H12N4S. The van der Waals surface area contributed by atoms with Crippen molar-refractivity contribution in [3.63, 3.8) is 0 Å². The van der Waals surface area contributed by atoms with Gasteiger partial charge in [0.2, 0.25) is 0 Å². The first kappa shape index (κ1) is 12.3. The van der Waals surface area contributed by atoms with Gasteiger partial charge in [0.15, 0.2) is 0 Å². The zero-order valence-corrected chi connectivity index (χ0v) is 12.0. The van der Waals surface area contributed by atoms with Gasteiger partial charge in [-0.25, -0.2) is 9.97 Å². The molecule has 0 saturated heterocycles. The lowest BCUT2D eigenvalue weighted by Gasteiger charge is -2.09. The molecule has 0 aliphatic heterocycles. The smallest absolute Gasteiger partial charge is 0.148 e. The van der Waals surface area contributed by atoms with E-state index in [1.165, 1.54) is 12.8 Å². The van der Waals surface area contributed by atoms with Crippen molar-refractivity contribution in [3.05, 3.63) is 47.1 Å². The fourth-order valence-corrected chi connectivity index (χ4v) is 3.14. The van der Waals surface area contributed by atoms with Gasteiger partial charge in [-0.15, -0.1) is 11.3 Å². The van der Waals surface area contributed by atoms with E-state index in [-0.39, 0.29) is 0 Å². The average Bonchev–Trinajstić information content (AvgIpc) is 3.25. The molecule has 2 heterocycles. The summed E-state index contributed by atoms with van der Waals surface area (Å²) in [4.78, 5) is 8.96. The summed E-state index contributed by atoms with van der Waals surface area (Å²) in [5.74, 6) is 1.21. The fourth-order valence-electron chi connectivity index (χ4n) is 2.38. The van der Waals surface area contributed by atoms with Gasteiger partial charge in [0, 0.05) is 11.6 Å². The first-order valence-electron chi connectivity index (χ1n) is 6.85. The third kappa shape index (κ3) is 2.24. The molecule has 4 nitrogen and oxygen atoms in total. The lowest BCUT2D eigenvalue weighted by atomic mass is 10.2. The van der Waals surface area contributed by atoms with E-state index < -0.39 is 0 Å². The van der Waals surface area contributed by atoms with Crippen LogP contribution in [0.4, 0.5) is 11.5 Å². The normalized spacial score (nSPS) is 14.0. The molecule has 102 valence electrons. The van der Waals surface area contributed by atoms with E-state index >= 15 is 0 Å². The fraction of sp³-hybridized carbons (Fsp3) is 0.188. The van der Waals surface area contributed by atoms with Gasteiger partial charge in [-0.2, -0.15) is 5.26 Å². The second-order valence-electron chi connectivity index (χ2n) is 5.15. The highest BCUT2D eigenvalue weighted by atomic mass is 32.1. The molecule has 1 fully saturated rings. The number of nitrogens with zero attached hydrogens (tertiary/aromatic N) is 3. The van der Waals surface area contributed by atoms with E-state index in [1.54, 1.807) is 11.3 Å². The Balaban J connectivity index is 1.77. The Labute approximate surface area is 126 Å².